The Morgan fingerprint density at radius 3 is 1.52 bits per heavy atom. The molecule has 0 radical (unpaired) electrons. The van der Waals surface area contributed by atoms with Gasteiger partial charge in [-0.05, 0) is 32.1 Å². The predicted octanol–water partition coefficient (Wildman–Crippen LogP) is 7.08. The minimum absolute atomic E-state index is 0.371. The van der Waals surface area contributed by atoms with E-state index in [4.69, 9.17) is 9.47 Å². The van der Waals surface area contributed by atoms with Gasteiger partial charge in [0.05, 0.1) is 13.2 Å². The molecular weight excluding hydrogens is 364 g/mol. The summed E-state index contributed by atoms with van der Waals surface area (Å²) in [5, 5.41) is 0. The highest BCUT2D eigenvalue weighted by Crippen LogP contribution is 2.09. The summed E-state index contributed by atoms with van der Waals surface area (Å²) in [5.74, 6) is -0.964. The van der Waals surface area contributed by atoms with Crippen LogP contribution in [0.4, 0.5) is 0 Å². The Morgan fingerprint density at radius 2 is 0.966 bits per heavy atom. The third-order valence-electron chi connectivity index (χ3n) is 4.75. The van der Waals surface area contributed by atoms with Crippen LogP contribution in [-0.4, -0.2) is 25.2 Å². The molecule has 4 heteroatoms. The fourth-order valence-corrected chi connectivity index (χ4v) is 2.94. The molecule has 0 rings (SSSR count). The summed E-state index contributed by atoms with van der Waals surface area (Å²) in [4.78, 5) is 23.1. The zero-order valence-electron chi connectivity index (χ0n) is 19.0. The first kappa shape index (κ1) is 27.4. The van der Waals surface area contributed by atoms with Crippen LogP contribution in [0.3, 0.4) is 0 Å². The lowest BCUT2D eigenvalue weighted by Crippen LogP contribution is -2.06. The Bertz CT molecular complexity index is 440. The SMILES string of the molecule is CCCCC/C=C/CCCOC(=O)/C=C/C(=O)OCCCCCCCCCCC. The van der Waals surface area contributed by atoms with E-state index in [1.54, 1.807) is 0 Å². The first-order valence-corrected chi connectivity index (χ1v) is 11.9. The van der Waals surface area contributed by atoms with E-state index in [9.17, 15) is 9.59 Å². The van der Waals surface area contributed by atoms with Crippen LogP contribution >= 0.6 is 0 Å². The summed E-state index contributed by atoms with van der Waals surface area (Å²) in [5.41, 5.74) is 0. The summed E-state index contributed by atoms with van der Waals surface area (Å²) in [7, 11) is 0. The highest BCUT2D eigenvalue weighted by Gasteiger charge is 2.01. The Morgan fingerprint density at radius 1 is 0.552 bits per heavy atom. The van der Waals surface area contributed by atoms with Crippen molar-refractivity contribution in [3.05, 3.63) is 24.3 Å². The minimum Gasteiger partial charge on any atom is -0.463 e. The maximum Gasteiger partial charge on any atom is 0.331 e. The van der Waals surface area contributed by atoms with Gasteiger partial charge in [-0.1, -0.05) is 90.2 Å². The van der Waals surface area contributed by atoms with Gasteiger partial charge in [-0.3, -0.25) is 0 Å². The summed E-state index contributed by atoms with van der Waals surface area (Å²) < 4.78 is 10.2. The second kappa shape index (κ2) is 22.7. The van der Waals surface area contributed by atoms with E-state index in [1.807, 2.05) is 0 Å². The highest BCUT2D eigenvalue weighted by molar-refractivity contribution is 5.91. The molecule has 0 amide bonds. The molecule has 0 aliphatic carbocycles. The number of allylic oxidation sites excluding steroid dienone is 2. The molecule has 0 aliphatic rings. The van der Waals surface area contributed by atoms with Gasteiger partial charge >= 0.3 is 11.9 Å². The van der Waals surface area contributed by atoms with Crippen LogP contribution < -0.4 is 0 Å². The quantitative estimate of drug-likeness (QED) is 0.0935. The summed E-state index contributed by atoms with van der Waals surface area (Å²) in [6.45, 7) is 5.22. The van der Waals surface area contributed by atoms with E-state index in [-0.39, 0.29) is 0 Å². The van der Waals surface area contributed by atoms with E-state index in [0.29, 0.717) is 13.2 Å². The van der Waals surface area contributed by atoms with Crippen LogP contribution in [0.2, 0.25) is 0 Å². The summed E-state index contributed by atoms with van der Waals surface area (Å²) >= 11 is 0. The molecule has 0 aromatic rings. The molecule has 0 saturated carbocycles. The first-order valence-electron chi connectivity index (χ1n) is 11.9. The van der Waals surface area contributed by atoms with Gasteiger partial charge in [0, 0.05) is 12.2 Å². The minimum atomic E-state index is -0.489. The largest absolute Gasteiger partial charge is 0.463 e. The monoisotopic (exact) mass is 408 g/mol. The molecule has 168 valence electrons. The maximum atomic E-state index is 11.6. The van der Waals surface area contributed by atoms with Gasteiger partial charge in [-0.25, -0.2) is 9.59 Å². The lowest BCUT2D eigenvalue weighted by molar-refractivity contribution is -0.140. The molecule has 0 aliphatic heterocycles. The maximum absolute atomic E-state index is 11.6. The molecule has 29 heavy (non-hydrogen) atoms. The van der Waals surface area contributed by atoms with Gasteiger partial charge in [-0.15, -0.1) is 0 Å². The van der Waals surface area contributed by atoms with Crippen LogP contribution in [0, 0.1) is 0 Å². The van der Waals surface area contributed by atoms with E-state index < -0.39 is 11.9 Å². The van der Waals surface area contributed by atoms with Gasteiger partial charge in [0.1, 0.15) is 0 Å². The second-order valence-electron chi connectivity index (χ2n) is 7.61. The van der Waals surface area contributed by atoms with E-state index >= 15 is 0 Å². The zero-order valence-corrected chi connectivity index (χ0v) is 19.0. The number of hydrogen-bond donors (Lipinski definition) is 0. The fourth-order valence-electron chi connectivity index (χ4n) is 2.94. The third kappa shape index (κ3) is 22.6. The van der Waals surface area contributed by atoms with Crippen LogP contribution in [0.15, 0.2) is 24.3 Å². The topological polar surface area (TPSA) is 52.6 Å². The highest BCUT2D eigenvalue weighted by atomic mass is 16.5. The Hall–Kier alpha value is -1.58. The molecule has 0 spiro atoms. The number of rotatable bonds is 20. The van der Waals surface area contributed by atoms with Crippen molar-refractivity contribution >= 4 is 11.9 Å². The Kier molecular flexibility index (Phi) is 21.5. The number of ether oxygens (including phenoxy) is 2. The van der Waals surface area contributed by atoms with Crippen LogP contribution in [0.25, 0.3) is 0 Å². The van der Waals surface area contributed by atoms with Crippen LogP contribution in [-0.2, 0) is 19.1 Å². The van der Waals surface area contributed by atoms with Crippen molar-refractivity contribution in [1.29, 1.82) is 0 Å². The molecule has 0 N–H and O–H groups in total. The summed E-state index contributed by atoms with van der Waals surface area (Å²) in [6.07, 6.45) is 24.3. The van der Waals surface area contributed by atoms with Crippen molar-refractivity contribution < 1.29 is 19.1 Å². The van der Waals surface area contributed by atoms with Crippen molar-refractivity contribution in [1.82, 2.24) is 0 Å². The molecule has 0 fully saturated rings. The molecule has 0 bridgehead atoms. The lowest BCUT2D eigenvalue weighted by Gasteiger charge is -2.03. The van der Waals surface area contributed by atoms with Gasteiger partial charge in [0.15, 0.2) is 0 Å². The summed E-state index contributed by atoms with van der Waals surface area (Å²) in [6, 6.07) is 0. The van der Waals surface area contributed by atoms with Gasteiger partial charge in [-0.2, -0.15) is 0 Å². The molecule has 0 aromatic carbocycles. The molecule has 0 heterocycles. The predicted molar refractivity (Wildman–Crippen MR) is 121 cm³/mol. The molecule has 0 unspecified atom stereocenters. The van der Waals surface area contributed by atoms with Gasteiger partial charge in [0.2, 0.25) is 0 Å². The van der Waals surface area contributed by atoms with E-state index in [0.717, 1.165) is 44.3 Å². The smallest absolute Gasteiger partial charge is 0.331 e. The molecular formula is C25H44O4. The van der Waals surface area contributed by atoms with Crippen LogP contribution in [0.5, 0.6) is 0 Å². The molecule has 4 nitrogen and oxygen atoms in total. The third-order valence-corrected chi connectivity index (χ3v) is 4.75. The van der Waals surface area contributed by atoms with Crippen molar-refractivity contribution in [3.63, 3.8) is 0 Å². The van der Waals surface area contributed by atoms with Crippen molar-refractivity contribution in [2.24, 2.45) is 0 Å². The van der Waals surface area contributed by atoms with E-state index in [1.165, 1.54) is 64.2 Å². The van der Waals surface area contributed by atoms with Crippen LogP contribution in [0.1, 0.15) is 110 Å². The molecule has 0 atom stereocenters. The second-order valence-corrected chi connectivity index (χ2v) is 7.61. The number of carbonyl (C=O) groups excluding carboxylic acids is 2. The average molecular weight is 409 g/mol. The normalized spacial score (nSPS) is 11.4. The molecule has 0 aromatic heterocycles. The zero-order chi connectivity index (χ0) is 21.4. The van der Waals surface area contributed by atoms with Gasteiger partial charge < -0.3 is 9.47 Å². The number of esters is 2. The number of carbonyl (C=O) groups is 2. The average Bonchev–Trinajstić information content (AvgIpc) is 2.72. The fraction of sp³-hybridized carbons (Fsp3) is 0.760. The van der Waals surface area contributed by atoms with Crippen molar-refractivity contribution in [2.75, 3.05) is 13.2 Å². The first-order chi connectivity index (χ1) is 14.2. The van der Waals surface area contributed by atoms with Gasteiger partial charge in [0.25, 0.3) is 0 Å². The number of unbranched alkanes of at least 4 members (excludes halogenated alkanes) is 12. The van der Waals surface area contributed by atoms with Crippen molar-refractivity contribution in [3.8, 4) is 0 Å². The Balaban J connectivity index is 3.48. The Labute approximate surface area is 179 Å². The standard InChI is InChI=1S/C25H44O4/c1-3-5-7-9-11-13-15-17-19-23-29-25(27)21-20-24(26)28-22-18-16-14-12-10-8-6-4-2/h12,14,20-21H,3-11,13,15-19,22-23H2,1-2H3/b14-12+,21-20+. The number of hydrogen-bond acceptors (Lipinski definition) is 4. The van der Waals surface area contributed by atoms with Crippen molar-refractivity contribution in [2.45, 2.75) is 110 Å². The molecule has 0 saturated heterocycles. The lowest BCUT2D eigenvalue weighted by atomic mass is 10.1. The van der Waals surface area contributed by atoms with E-state index in [2.05, 4.69) is 26.0 Å².